The molecule has 0 atom stereocenters. The van der Waals surface area contributed by atoms with Crippen LogP contribution in [-0.2, 0) is 16.0 Å². The highest BCUT2D eigenvalue weighted by atomic mass is 35.5. The summed E-state index contributed by atoms with van der Waals surface area (Å²) >= 11 is 17.5. The molecule has 1 fully saturated rings. The first kappa shape index (κ1) is 22.0. The molecule has 0 bridgehead atoms. The monoisotopic (exact) mass is 460 g/mol. The highest BCUT2D eigenvalue weighted by Crippen LogP contribution is 2.34. The molecule has 1 saturated heterocycles. The lowest BCUT2D eigenvalue weighted by atomic mass is 10.0. The zero-order chi connectivity index (χ0) is 21.8. The van der Waals surface area contributed by atoms with E-state index in [4.69, 9.17) is 40.2 Å². The molecule has 8 heteroatoms. The summed E-state index contributed by atoms with van der Waals surface area (Å²) in [6.07, 6.45) is 3.85. The zero-order valence-corrected chi connectivity index (χ0v) is 18.4. The molecule has 30 heavy (non-hydrogen) atoms. The van der Waals surface area contributed by atoms with Gasteiger partial charge in [0.25, 0.3) is 11.8 Å². The summed E-state index contributed by atoms with van der Waals surface area (Å²) in [6, 6.07) is 10.3. The van der Waals surface area contributed by atoms with Gasteiger partial charge in [0.05, 0.1) is 22.3 Å². The van der Waals surface area contributed by atoms with Crippen molar-refractivity contribution in [1.29, 1.82) is 0 Å². The Morgan fingerprint density at radius 3 is 2.70 bits per heavy atom. The highest BCUT2D eigenvalue weighted by Gasteiger charge is 2.35. The molecule has 154 valence electrons. The minimum atomic E-state index is -0.591. The van der Waals surface area contributed by atoms with E-state index in [-0.39, 0.29) is 20.7 Å². The smallest absolute Gasteiger partial charge is 0.270 e. The van der Waals surface area contributed by atoms with E-state index in [0.29, 0.717) is 24.3 Å². The number of amides is 2. The second-order valence-electron chi connectivity index (χ2n) is 6.32. The molecule has 2 aromatic carbocycles. The van der Waals surface area contributed by atoms with Gasteiger partial charge >= 0.3 is 0 Å². The molecule has 0 spiro atoms. The third-order valence-electron chi connectivity index (χ3n) is 4.33. The molecule has 2 amide bonds. The first-order valence-electron chi connectivity index (χ1n) is 9.09. The van der Waals surface area contributed by atoms with Crippen LogP contribution in [0.4, 0.5) is 5.69 Å². The first-order valence-corrected chi connectivity index (χ1v) is 10.3. The third kappa shape index (κ3) is 4.41. The SMILES string of the molecule is C=CCc1cc(/C=C2\C(=O)NC(=S)N(c3cccc(Cl)c3Cl)C2=O)ccc1OCC. The maximum atomic E-state index is 13.2. The van der Waals surface area contributed by atoms with Gasteiger partial charge in [-0.1, -0.05) is 41.4 Å². The van der Waals surface area contributed by atoms with E-state index >= 15 is 0 Å². The van der Waals surface area contributed by atoms with Crippen molar-refractivity contribution in [1.82, 2.24) is 5.32 Å². The molecule has 0 saturated carbocycles. The molecule has 0 unspecified atom stereocenters. The molecule has 0 aliphatic carbocycles. The number of benzene rings is 2. The van der Waals surface area contributed by atoms with Gasteiger partial charge in [-0.05, 0) is 67.0 Å². The van der Waals surface area contributed by atoms with Crippen LogP contribution >= 0.6 is 35.4 Å². The number of nitrogens with zero attached hydrogens (tertiary/aromatic N) is 1. The van der Waals surface area contributed by atoms with Crippen molar-refractivity contribution in [2.45, 2.75) is 13.3 Å². The van der Waals surface area contributed by atoms with E-state index < -0.39 is 11.8 Å². The molecule has 1 aliphatic rings. The largest absolute Gasteiger partial charge is 0.494 e. The molecule has 1 heterocycles. The topological polar surface area (TPSA) is 58.6 Å². The third-order valence-corrected chi connectivity index (χ3v) is 5.43. The number of hydrogen-bond donors (Lipinski definition) is 1. The summed E-state index contributed by atoms with van der Waals surface area (Å²) < 4.78 is 5.62. The van der Waals surface area contributed by atoms with Crippen LogP contribution < -0.4 is 15.0 Å². The lowest BCUT2D eigenvalue weighted by Crippen LogP contribution is -2.54. The van der Waals surface area contributed by atoms with E-state index in [9.17, 15) is 9.59 Å². The summed E-state index contributed by atoms with van der Waals surface area (Å²) in [5.41, 5.74) is 1.78. The Morgan fingerprint density at radius 1 is 1.23 bits per heavy atom. The number of carbonyl (C=O) groups excluding carboxylic acids is 2. The minimum absolute atomic E-state index is 0.0645. The van der Waals surface area contributed by atoms with E-state index in [1.54, 1.807) is 36.4 Å². The Morgan fingerprint density at radius 2 is 2.00 bits per heavy atom. The Bertz CT molecular complexity index is 1080. The Balaban J connectivity index is 2.03. The maximum Gasteiger partial charge on any atom is 0.270 e. The standard InChI is InChI=1S/C22H18Cl2N2O3S/c1-3-6-14-11-13(9-10-18(14)29-4-2)12-15-20(27)25-22(30)26(21(15)28)17-8-5-7-16(23)19(17)24/h3,5,7-12H,1,4,6H2,2H3,(H,25,27,30)/b15-12+. The van der Waals surface area contributed by atoms with Crippen molar-refractivity contribution in [3.05, 3.63) is 75.8 Å². The molecular formula is C22H18Cl2N2O3S. The number of thiocarbonyl (C=S) groups is 1. The fourth-order valence-corrected chi connectivity index (χ4v) is 3.66. The van der Waals surface area contributed by atoms with E-state index in [1.807, 2.05) is 13.0 Å². The average molecular weight is 461 g/mol. The Labute approximate surface area is 189 Å². The lowest BCUT2D eigenvalue weighted by molar-refractivity contribution is -0.122. The van der Waals surface area contributed by atoms with Gasteiger partial charge in [0.1, 0.15) is 11.3 Å². The van der Waals surface area contributed by atoms with Crippen molar-refractivity contribution in [2.24, 2.45) is 0 Å². The van der Waals surface area contributed by atoms with Crippen molar-refractivity contribution < 1.29 is 14.3 Å². The molecule has 3 rings (SSSR count). The van der Waals surface area contributed by atoms with Gasteiger partial charge in [-0.3, -0.25) is 19.8 Å². The number of carbonyl (C=O) groups is 2. The van der Waals surface area contributed by atoms with Crippen LogP contribution in [0, 0.1) is 0 Å². The van der Waals surface area contributed by atoms with Crippen molar-refractivity contribution in [2.75, 3.05) is 11.5 Å². The number of halogens is 2. The van der Waals surface area contributed by atoms with Crippen LogP contribution in [0.1, 0.15) is 18.1 Å². The predicted octanol–water partition coefficient (Wildman–Crippen LogP) is 4.95. The van der Waals surface area contributed by atoms with Crippen molar-refractivity contribution >= 4 is 64.1 Å². The highest BCUT2D eigenvalue weighted by molar-refractivity contribution is 7.80. The van der Waals surface area contributed by atoms with Gasteiger partial charge in [0.15, 0.2) is 5.11 Å². The average Bonchev–Trinajstić information content (AvgIpc) is 2.70. The molecule has 5 nitrogen and oxygen atoms in total. The van der Waals surface area contributed by atoms with Gasteiger partial charge in [-0.2, -0.15) is 0 Å². The van der Waals surface area contributed by atoms with Crippen LogP contribution in [0.3, 0.4) is 0 Å². The lowest BCUT2D eigenvalue weighted by Gasteiger charge is -2.29. The number of ether oxygens (including phenoxy) is 1. The quantitative estimate of drug-likeness (QED) is 0.286. The summed E-state index contributed by atoms with van der Waals surface area (Å²) in [4.78, 5) is 26.8. The Kier molecular flexibility index (Phi) is 6.92. The molecular weight excluding hydrogens is 443 g/mol. The number of hydrogen-bond acceptors (Lipinski definition) is 4. The van der Waals surface area contributed by atoms with Crippen LogP contribution in [0.15, 0.2) is 54.6 Å². The van der Waals surface area contributed by atoms with E-state index in [1.165, 1.54) is 6.08 Å². The molecule has 1 N–H and O–H groups in total. The second-order valence-corrected chi connectivity index (χ2v) is 7.50. The van der Waals surface area contributed by atoms with E-state index in [2.05, 4.69) is 11.9 Å². The fourth-order valence-electron chi connectivity index (χ4n) is 3.01. The van der Waals surface area contributed by atoms with Gasteiger partial charge in [-0.25, -0.2) is 0 Å². The number of anilines is 1. The molecule has 1 aliphatic heterocycles. The normalized spacial score (nSPS) is 15.4. The first-order chi connectivity index (χ1) is 14.4. The van der Waals surface area contributed by atoms with Gasteiger partial charge in [0.2, 0.25) is 0 Å². The number of allylic oxidation sites excluding steroid dienone is 1. The van der Waals surface area contributed by atoms with Crippen molar-refractivity contribution in [3.63, 3.8) is 0 Å². The predicted molar refractivity (Wildman–Crippen MR) is 124 cm³/mol. The van der Waals surface area contributed by atoms with Gasteiger partial charge in [0, 0.05) is 0 Å². The van der Waals surface area contributed by atoms with E-state index in [0.717, 1.165) is 16.2 Å². The second kappa shape index (κ2) is 9.43. The molecule has 2 aromatic rings. The van der Waals surface area contributed by atoms with Crippen LogP contribution in [0.25, 0.3) is 6.08 Å². The van der Waals surface area contributed by atoms with Crippen LogP contribution in [-0.4, -0.2) is 23.5 Å². The van der Waals surface area contributed by atoms with Crippen molar-refractivity contribution in [3.8, 4) is 5.75 Å². The van der Waals surface area contributed by atoms with Crippen LogP contribution in [0.2, 0.25) is 10.0 Å². The van der Waals surface area contributed by atoms with Gasteiger partial charge in [-0.15, -0.1) is 6.58 Å². The summed E-state index contributed by atoms with van der Waals surface area (Å²) in [7, 11) is 0. The zero-order valence-electron chi connectivity index (χ0n) is 16.1. The summed E-state index contributed by atoms with van der Waals surface area (Å²) in [6.45, 7) is 6.19. The Hall–Kier alpha value is -2.67. The number of rotatable bonds is 6. The minimum Gasteiger partial charge on any atom is -0.494 e. The number of nitrogens with one attached hydrogen (secondary N) is 1. The summed E-state index contributed by atoms with van der Waals surface area (Å²) in [5.74, 6) is -0.446. The molecule has 0 radical (unpaired) electrons. The molecule has 0 aromatic heterocycles. The van der Waals surface area contributed by atoms with Gasteiger partial charge < -0.3 is 4.74 Å². The maximum absolute atomic E-state index is 13.2. The summed E-state index contributed by atoms with van der Waals surface area (Å²) in [5, 5.41) is 2.91. The van der Waals surface area contributed by atoms with Crippen LogP contribution in [0.5, 0.6) is 5.75 Å². The fraction of sp³-hybridized carbons (Fsp3) is 0.136.